The predicted molar refractivity (Wildman–Crippen MR) is 139 cm³/mol. The number of carbonyl (C=O) groups is 3. The molecule has 0 bridgehead atoms. The second-order valence-corrected chi connectivity index (χ2v) is 9.23. The molecule has 1 aliphatic rings. The van der Waals surface area contributed by atoms with Crippen molar-refractivity contribution in [1.82, 2.24) is 4.90 Å². The van der Waals surface area contributed by atoms with Crippen molar-refractivity contribution in [3.63, 3.8) is 0 Å². The van der Waals surface area contributed by atoms with Crippen molar-refractivity contribution < 1.29 is 28.6 Å². The molecule has 3 aromatic carbocycles. The summed E-state index contributed by atoms with van der Waals surface area (Å²) < 4.78 is 16.5. The van der Waals surface area contributed by atoms with Crippen molar-refractivity contribution in [2.75, 3.05) is 20.3 Å². The molecule has 3 aromatic rings. The summed E-state index contributed by atoms with van der Waals surface area (Å²) in [4.78, 5) is 39.2. The SMILES string of the molecule is COc1ccc(/C=C2\SC(=O)N(CCOc3ccc(Cl)cc3)C2=O)cc1OC(=O)c1ccc(C)cc1. The van der Waals surface area contributed by atoms with Crippen molar-refractivity contribution in [1.29, 1.82) is 0 Å². The summed E-state index contributed by atoms with van der Waals surface area (Å²) in [6, 6.07) is 18.7. The van der Waals surface area contributed by atoms with E-state index in [1.807, 2.05) is 19.1 Å². The number of nitrogens with zero attached hydrogens (tertiary/aromatic N) is 1. The van der Waals surface area contributed by atoms with E-state index in [2.05, 4.69) is 0 Å². The molecule has 1 aliphatic heterocycles. The summed E-state index contributed by atoms with van der Waals surface area (Å²) in [7, 11) is 1.47. The first-order chi connectivity index (χ1) is 17.3. The zero-order chi connectivity index (χ0) is 25.7. The lowest BCUT2D eigenvalue weighted by Crippen LogP contribution is -2.32. The van der Waals surface area contributed by atoms with Crippen molar-refractivity contribution in [2.45, 2.75) is 6.92 Å². The number of esters is 1. The van der Waals surface area contributed by atoms with Crippen molar-refractivity contribution >= 4 is 46.6 Å². The number of ether oxygens (including phenoxy) is 3. The number of hydrogen-bond acceptors (Lipinski definition) is 7. The summed E-state index contributed by atoms with van der Waals surface area (Å²) in [6.45, 7) is 2.18. The second kappa shape index (κ2) is 11.3. The molecule has 36 heavy (non-hydrogen) atoms. The Labute approximate surface area is 217 Å². The Kier molecular flexibility index (Phi) is 7.97. The maximum Gasteiger partial charge on any atom is 0.343 e. The zero-order valence-electron chi connectivity index (χ0n) is 19.5. The summed E-state index contributed by atoms with van der Waals surface area (Å²) in [5.74, 6) is 0.200. The average molecular weight is 524 g/mol. The van der Waals surface area contributed by atoms with Crippen LogP contribution in [0, 0.1) is 6.92 Å². The topological polar surface area (TPSA) is 82.1 Å². The molecule has 1 fully saturated rings. The van der Waals surface area contributed by atoms with Crippen LogP contribution in [0.1, 0.15) is 21.5 Å². The fourth-order valence-electron chi connectivity index (χ4n) is 3.34. The fourth-order valence-corrected chi connectivity index (χ4v) is 4.33. The lowest BCUT2D eigenvalue weighted by molar-refractivity contribution is -0.123. The number of benzene rings is 3. The molecule has 0 N–H and O–H groups in total. The van der Waals surface area contributed by atoms with Crippen LogP contribution >= 0.6 is 23.4 Å². The molecule has 0 unspecified atom stereocenters. The second-order valence-electron chi connectivity index (χ2n) is 7.80. The number of methoxy groups -OCH3 is 1. The molecule has 184 valence electrons. The average Bonchev–Trinajstić information content (AvgIpc) is 3.13. The number of thioether (sulfide) groups is 1. The summed E-state index contributed by atoms with van der Waals surface area (Å²) in [5.41, 5.74) is 2.00. The molecular formula is C27H22ClNO6S. The van der Waals surface area contributed by atoms with Gasteiger partial charge in [-0.05, 0) is 78.9 Å². The van der Waals surface area contributed by atoms with Crippen molar-refractivity contribution in [2.24, 2.45) is 0 Å². The van der Waals surface area contributed by atoms with Crippen molar-refractivity contribution in [3.05, 3.63) is 93.3 Å². The van der Waals surface area contributed by atoms with Gasteiger partial charge in [-0.15, -0.1) is 0 Å². The molecular weight excluding hydrogens is 502 g/mol. The molecule has 1 saturated heterocycles. The highest BCUT2D eigenvalue weighted by atomic mass is 35.5. The number of rotatable bonds is 8. The largest absolute Gasteiger partial charge is 0.493 e. The molecule has 0 aliphatic carbocycles. The van der Waals surface area contributed by atoms with Crippen LogP contribution in [0.15, 0.2) is 71.6 Å². The number of hydrogen-bond donors (Lipinski definition) is 0. The molecule has 0 aromatic heterocycles. The molecule has 2 amide bonds. The van der Waals surface area contributed by atoms with E-state index < -0.39 is 11.9 Å². The van der Waals surface area contributed by atoms with E-state index in [1.165, 1.54) is 7.11 Å². The van der Waals surface area contributed by atoms with Crippen LogP contribution < -0.4 is 14.2 Å². The standard InChI is InChI=1S/C27H22ClNO6S/c1-17-3-6-19(7-4-17)26(31)35-23-15-18(5-12-22(23)33-2)16-24-25(30)29(27(32)36-24)13-14-34-21-10-8-20(28)9-11-21/h3-12,15-16H,13-14H2,1-2H3/b24-16-. The van der Waals surface area contributed by atoms with Crippen LogP contribution in [0.5, 0.6) is 17.2 Å². The normalized spacial score (nSPS) is 14.3. The van der Waals surface area contributed by atoms with E-state index >= 15 is 0 Å². The van der Waals surface area contributed by atoms with Gasteiger partial charge in [0.05, 0.1) is 24.1 Å². The van der Waals surface area contributed by atoms with Crippen LogP contribution in [0.25, 0.3) is 6.08 Å². The van der Waals surface area contributed by atoms with Gasteiger partial charge in [0.1, 0.15) is 12.4 Å². The molecule has 0 radical (unpaired) electrons. The Morgan fingerprint density at radius 2 is 1.72 bits per heavy atom. The molecule has 4 rings (SSSR count). The molecule has 9 heteroatoms. The van der Waals surface area contributed by atoms with Gasteiger partial charge >= 0.3 is 5.97 Å². The van der Waals surface area contributed by atoms with Gasteiger partial charge in [-0.25, -0.2) is 4.79 Å². The minimum absolute atomic E-state index is 0.104. The maximum atomic E-state index is 12.8. The van der Waals surface area contributed by atoms with E-state index in [-0.39, 0.29) is 29.0 Å². The summed E-state index contributed by atoms with van der Waals surface area (Å²) in [5, 5.41) is 0.204. The third-order valence-electron chi connectivity index (χ3n) is 5.25. The van der Waals surface area contributed by atoms with E-state index in [9.17, 15) is 14.4 Å². The van der Waals surface area contributed by atoms with Gasteiger partial charge in [-0.2, -0.15) is 0 Å². The first kappa shape index (κ1) is 25.3. The highest BCUT2D eigenvalue weighted by molar-refractivity contribution is 8.18. The van der Waals surface area contributed by atoms with E-state index in [1.54, 1.807) is 60.7 Å². The van der Waals surface area contributed by atoms with E-state index in [4.69, 9.17) is 25.8 Å². The first-order valence-electron chi connectivity index (χ1n) is 10.9. The molecule has 0 saturated carbocycles. The Balaban J connectivity index is 1.45. The number of carbonyl (C=O) groups excluding carboxylic acids is 3. The van der Waals surface area contributed by atoms with Gasteiger partial charge in [0.15, 0.2) is 11.5 Å². The fraction of sp³-hybridized carbons (Fsp3) is 0.148. The first-order valence-corrected chi connectivity index (χ1v) is 12.1. The highest BCUT2D eigenvalue weighted by Gasteiger charge is 2.34. The van der Waals surface area contributed by atoms with Crippen LogP contribution in [-0.2, 0) is 4.79 Å². The minimum Gasteiger partial charge on any atom is -0.493 e. The Hall–Kier alpha value is -3.75. The quantitative estimate of drug-likeness (QED) is 0.204. The van der Waals surface area contributed by atoms with Crippen LogP contribution in [-0.4, -0.2) is 42.3 Å². The minimum atomic E-state index is -0.536. The summed E-state index contributed by atoms with van der Waals surface area (Å²) in [6.07, 6.45) is 1.58. The Morgan fingerprint density at radius 3 is 2.42 bits per heavy atom. The molecule has 0 atom stereocenters. The smallest absolute Gasteiger partial charge is 0.343 e. The van der Waals surface area contributed by atoms with Crippen molar-refractivity contribution in [3.8, 4) is 17.2 Å². The number of aryl methyl sites for hydroxylation is 1. The maximum absolute atomic E-state index is 12.8. The lowest BCUT2D eigenvalue weighted by atomic mass is 10.1. The molecule has 0 spiro atoms. The lowest BCUT2D eigenvalue weighted by Gasteiger charge is -2.13. The van der Waals surface area contributed by atoms with Gasteiger partial charge in [0.25, 0.3) is 11.1 Å². The third kappa shape index (κ3) is 6.08. The van der Waals surface area contributed by atoms with Gasteiger partial charge in [0, 0.05) is 5.02 Å². The van der Waals surface area contributed by atoms with Gasteiger partial charge < -0.3 is 14.2 Å². The van der Waals surface area contributed by atoms with Crippen LogP contribution in [0.2, 0.25) is 5.02 Å². The van der Waals surface area contributed by atoms with Gasteiger partial charge in [0.2, 0.25) is 0 Å². The Morgan fingerprint density at radius 1 is 1.00 bits per heavy atom. The van der Waals surface area contributed by atoms with Crippen LogP contribution in [0.4, 0.5) is 4.79 Å². The van der Waals surface area contributed by atoms with E-state index in [0.717, 1.165) is 22.2 Å². The van der Waals surface area contributed by atoms with Gasteiger partial charge in [-0.3, -0.25) is 14.5 Å². The third-order valence-corrected chi connectivity index (χ3v) is 6.41. The number of halogens is 1. The number of amides is 2. The Bertz CT molecular complexity index is 1320. The molecule has 1 heterocycles. The van der Waals surface area contributed by atoms with Gasteiger partial charge in [-0.1, -0.05) is 35.4 Å². The zero-order valence-corrected chi connectivity index (χ0v) is 21.1. The van der Waals surface area contributed by atoms with E-state index in [0.29, 0.717) is 27.6 Å². The molecule has 7 nitrogen and oxygen atoms in total. The monoisotopic (exact) mass is 523 g/mol. The van der Waals surface area contributed by atoms with Crippen LogP contribution in [0.3, 0.4) is 0 Å². The highest BCUT2D eigenvalue weighted by Crippen LogP contribution is 2.35. The number of imide groups is 1. The summed E-state index contributed by atoms with van der Waals surface area (Å²) >= 11 is 6.70. The predicted octanol–water partition coefficient (Wildman–Crippen LogP) is 5.99.